The van der Waals surface area contributed by atoms with Gasteiger partial charge in [-0.15, -0.1) is 0 Å². The van der Waals surface area contributed by atoms with Gasteiger partial charge < -0.3 is 11.1 Å². The summed E-state index contributed by atoms with van der Waals surface area (Å²) >= 11 is 5.90. The van der Waals surface area contributed by atoms with Crippen molar-refractivity contribution in [2.45, 2.75) is 0 Å². The molecule has 2 rings (SSSR count). The molecule has 0 aliphatic carbocycles. The van der Waals surface area contributed by atoms with Crippen molar-refractivity contribution in [3.05, 3.63) is 40.9 Å². The van der Waals surface area contributed by atoms with Crippen LogP contribution in [0, 0.1) is 17.1 Å². The lowest BCUT2D eigenvalue weighted by molar-refractivity contribution is 0.624. The number of hydrogen-bond acceptors (Lipinski definition) is 5. The Morgan fingerprint density at radius 1 is 1.39 bits per heavy atom. The van der Waals surface area contributed by atoms with Gasteiger partial charge in [-0.1, -0.05) is 11.6 Å². The Bertz CT molecular complexity index is 638. The molecule has 0 bridgehead atoms. The molecule has 1 aromatic heterocycles. The number of nitriles is 1. The predicted octanol–water partition coefficient (Wildman–Crippen LogP) is 2.47. The standard InChI is InChI=1S/C11H7ClFN5/c12-9-10(15)16-5-17-11(9)18-7-1-2-8(13)6(3-7)4-14/h1-3,5H,(H3,15,16,17,18). The lowest BCUT2D eigenvalue weighted by atomic mass is 10.2. The van der Waals surface area contributed by atoms with Crippen LogP contribution in [-0.4, -0.2) is 9.97 Å². The fraction of sp³-hybridized carbons (Fsp3) is 0. The van der Waals surface area contributed by atoms with Crippen molar-refractivity contribution in [3.8, 4) is 6.07 Å². The zero-order valence-electron chi connectivity index (χ0n) is 8.98. The summed E-state index contributed by atoms with van der Waals surface area (Å²) in [7, 11) is 0. The minimum absolute atomic E-state index is 0.0712. The van der Waals surface area contributed by atoms with Gasteiger partial charge >= 0.3 is 0 Å². The maximum atomic E-state index is 13.1. The van der Waals surface area contributed by atoms with Crippen LogP contribution in [0.3, 0.4) is 0 Å². The third-order valence-corrected chi connectivity index (χ3v) is 2.54. The van der Waals surface area contributed by atoms with Crippen molar-refractivity contribution in [3.63, 3.8) is 0 Å². The van der Waals surface area contributed by atoms with Crippen LogP contribution >= 0.6 is 11.6 Å². The number of halogens is 2. The van der Waals surface area contributed by atoms with E-state index in [1.165, 1.54) is 24.5 Å². The van der Waals surface area contributed by atoms with Gasteiger partial charge in [0, 0.05) is 5.69 Å². The van der Waals surface area contributed by atoms with E-state index in [-0.39, 0.29) is 16.4 Å². The van der Waals surface area contributed by atoms with Gasteiger partial charge in [-0.3, -0.25) is 0 Å². The van der Waals surface area contributed by atoms with Crippen LogP contribution < -0.4 is 11.1 Å². The molecule has 0 saturated carbocycles. The fourth-order valence-corrected chi connectivity index (χ4v) is 1.44. The van der Waals surface area contributed by atoms with Crippen LogP contribution in [0.5, 0.6) is 0 Å². The molecule has 0 fully saturated rings. The number of nitrogens with two attached hydrogens (primary N) is 1. The molecule has 3 N–H and O–H groups in total. The Kier molecular flexibility index (Phi) is 3.26. The average molecular weight is 264 g/mol. The summed E-state index contributed by atoms with van der Waals surface area (Å²) < 4.78 is 13.1. The minimum atomic E-state index is -0.587. The first kappa shape index (κ1) is 12.1. The second kappa shape index (κ2) is 4.85. The summed E-state index contributed by atoms with van der Waals surface area (Å²) in [6, 6.07) is 5.74. The molecule has 0 saturated heterocycles. The van der Waals surface area contributed by atoms with Gasteiger partial charge in [-0.2, -0.15) is 5.26 Å². The summed E-state index contributed by atoms with van der Waals surface area (Å²) in [6.45, 7) is 0. The van der Waals surface area contributed by atoms with Gasteiger partial charge in [0.25, 0.3) is 0 Å². The number of nitrogens with one attached hydrogen (secondary N) is 1. The molecule has 1 heterocycles. The maximum Gasteiger partial charge on any atom is 0.154 e. The zero-order chi connectivity index (χ0) is 13.1. The summed E-state index contributed by atoms with van der Waals surface area (Å²) in [4.78, 5) is 7.61. The van der Waals surface area contributed by atoms with Gasteiger partial charge in [0.1, 0.15) is 29.1 Å². The highest BCUT2D eigenvalue weighted by Crippen LogP contribution is 2.26. The Morgan fingerprint density at radius 3 is 2.89 bits per heavy atom. The number of aromatic nitrogens is 2. The maximum absolute atomic E-state index is 13.1. The molecule has 0 amide bonds. The SMILES string of the molecule is N#Cc1cc(Nc2ncnc(N)c2Cl)ccc1F. The van der Waals surface area contributed by atoms with Gasteiger partial charge in [0.05, 0.1) is 5.56 Å². The van der Waals surface area contributed by atoms with Crippen LogP contribution in [0.1, 0.15) is 5.56 Å². The predicted molar refractivity (Wildman–Crippen MR) is 65.9 cm³/mol. The first-order chi connectivity index (χ1) is 8.61. The molecule has 0 aliphatic rings. The largest absolute Gasteiger partial charge is 0.382 e. The quantitative estimate of drug-likeness (QED) is 0.869. The molecule has 0 unspecified atom stereocenters. The summed E-state index contributed by atoms with van der Waals surface area (Å²) in [5.74, 6) is -0.159. The second-order valence-electron chi connectivity index (χ2n) is 3.35. The number of anilines is 3. The van der Waals surface area contributed by atoms with E-state index in [1.807, 2.05) is 0 Å². The van der Waals surface area contributed by atoms with Crippen LogP contribution in [0.15, 0.2) is 24.5 Å². The molecule has 0 atom stereocenters. The normalized spacial score (nSPS) is 9.83. The topological polar surface area (TPSA) is 87.6 Å². The van der Waals surface area contributed by atoms with Crippen LogP contribution in [0.2, 0.25) is 5.02 Å². The lowest BCUT2D eigenvalue weighted by Crippen LogP contribution is -2.00. The first-order valence-corrected chi connectivity index (χ1v) is 5.22. The van der Waals surface area contributed by atoms with E-state index in [1.54, 1.807) is 6.07 Å². The molecule has 0 spiro atoms. The van der Waals surface area contributed by atoms with E-state index in [0.29, 0.717) is 11.5 Å². The zero-order valence-corrected chi connectivity index (χ0v) is 9.74. The van der Waals surface area contributed by atoms with Crippen LogP contribution in [0.4, 0.5) is 21.7 Å². The van der Waals surface area contributed by atoms with Crippen LogP contribution in [0.25, 0.3) is 0 Å². The Morgan fingerprint density at radius 2 is 2.17 bits per heavy atom. The first-order valence-electron chi connectivity index (χ1n) is 4.84. The summed E-state index contributed by atoms with van der Waals surface area (Å²) in [5.41, 5.74) is 5.93. The molecule has 7 heteroatoms. The summed E-state index contributed by atoms with van der Waals surface area (Å²) in [6.07, 6.45) is 1.25. The van der Waals surface area contributed by atoms with E-state index in [4.69, 9.17) is 22.6 Å². The van der Waals surface area contributed by atoms with Gasteiger partial charge in [-0.05, 0) is 18.2 Å². The Labute approximate surface area is 107 Å². The third-order valence-electron chi connectivity index (χ3n) is 2.17. The van der Waals surface area contributed by atoms with Gasteiger partial charge in [0.2, 0.25) is 0 Å². The van der Waals surface area contributed by atoms with Crippen molar-refractivity contribution in [1.29, 1.82) is 5.26 Å². The van der Waals surface area contributed by atoms with E-state index < -0.39 is 5.82 Å². The Hall–Kier alpha value is -2.39. The molecule has 5 nitrogen and oxygen atoms in total. The highest BCUT2D eigenvalue weighted by Gasteiger charge is 2.08. The molecule has 18 heavy (non-hydrogen) atoms. The summed E-state index contributed by atoms with van der Waals surface area (Å²) in [5, 5.41) is 11.7. The minimum Gasteiger partial charge on any atom is -0.382 e. The van der Waals surface area contributed by atoms with Gasteiger partial charge in [0.15, 0.2) is 5.82 Å². The van der Waals surface area contributed by atoms with Crippen molar-refractivity contribution < 1.29 is 4.39 Å². The monoisotopic (exact) mass is 263 g/mol. The van der Waals surface area contributed by atoms with Crippen molar-refractivity contribution in [2.75, 3.05) is 11.1 Å². The second-order valence-corrected chi connectivity index (χ2v) is 3.73. The molecule has 90 valence electrons. The number of nitrogen functional groups attached to an aromatic ring is 1. The molecule has 2 aromatic rings. The van der Waals surface area contributed by atoms with Crippen molar-refractivity contribution >= 4 is 28.9 Å². The van der Waals surface area contributed by atoms with Crippen molar-refractivity contribution in [1.82, 2.24) is 9.97 Å². The number of rotatable bonds is 2. The highest BCUT2D eigenvalue weighted by atomic mass is 35.5. The molecule has 1 aromatic carbocycles. The highest BCUT2D eigenvalue weighted by molar-refractivity contribution is 6.35. The Balaban J connectivity index is 2.35. The molecular weight excluding hydrogens is 257 g/mol. The van der Waals surface area contributed by atoms with E-state index in [0.717, 1.165) is 0 Å². The fourth-order valence-electron chi connectivity index (χ4n) is 1.30. The van der Waals surface area contributed by atoms with E-state index in [9.17, 15) is 4.39 Å². The molecular formula is C11H7ClFN5. The molecule has 0 radical (unpaired) electrons. The van der Waals surface area contributed by atoms with Gasteiger partial charge in [-0.25, -0.2) is 14.4 Å². The lowest BCUT2D eigenvalue weighted by Gasteiger charge is -2.08. The number of nitrogens with zero attached hydrogens (tertiary/aromatic N) is 3. The van der Waals surface area contributed by atoms with E-state index in [2.05, 4.69) is 15.3 Å². The van der Waals surface area contributed by atoms with Crippen molar-refractivity contribution in [2.24, 2.45) is 0 Å². The molecule has 0 aliphatic heterocycles. The average Bonchev–Trinajstić information content (AvgIpc) is 2.37. The third kappa shape index (κ3) is 2.31. The van der Waals surface area contributed by atoms with Crippen LogP contribution in [-0.2, 0) is 0 Å². The number of hydrogen-bond donors (Lipinski definition) is 2. The smallest absolute Gasteiger partial charge is 0.154 e. The van der Waals surface area contributed by atoms with E-state index >= 15 is 0 Å². The number of benzene rings is 1.